The molecular formula is C80H47BN6O. The first kappa shape index (κ1) is 49.3. The number of anilines is 6. The molecule has 0 unspecified atom stereocenters. The SMILES string of the molecule is N#Cc1ccc2c(c1)c1ccccc1n2-c1ccc2c(c1)N(c1ccccc1-c1ccccc1)c1cc(-c3ccccc3)cc3c1B2c1c(cc(-n2c4ccccc4c4cc(C#N)ccc42)c2c1oc1ccccc12)N3c1ccccc1-c1ccccc1. The molecular weight excluding hydrogens is 1070 g/mol. The summed E-state index contributed by atoms with van der Waals surface area (Å²) in [5, 5.41) is 26.7. The fourth-order valence-corrected chi connectivity index (χ4v) is 14.6. The van der Waals surface area contributed by atoms with Gasteiger partial charge in [0.05, 0.1) is 67.8 Å². The summed E-state index contributed by atoms with van der Waals surface area (Å²) in [5.41, 5.74) is 24.9. The van der Waals surface area contributed by atoms with Crippen molar-refractivity contribution in [1.29, 1.82) is 10.5 Å². The first-order chi connectivity index (χ1) is 43.6. The van der Waals surface area contributed by atoms with Gasteiger partial charge in [-0.15, -0.1) is 0 Å². The summed E-state index contributed by atoms with van der Waals surface area (Å²) in [4.78, 5) is 5.07. The van der Waals surface area contributed by atoms with Crippen molar-refractivity contribution >= 4 is 123 Å². The van der Waals surface area contributed by atoms with Gasteiger partial charge >= 0.3 is 0 Å². The van der Waals surface area contributed by atoms with Crippen LogP contribution in [-0.2, 0) is 0 Å². The molecule has 18 rings (SSSR count). The van der Waals surface area contributed by atoms with Crippen molar-refractivity contribution in [2.75, 3.05) is 9.80 Å². The van der Waals surface area contributed by atoms with E-state index >= 15 is 0 Å². The van der Waals surface area contributed by atoms with Gasteiger partial charge in [-0.05, 0) is 136 Å². The number of benzene rings is 13. The standard InChI is InChI=1S/C80H47BN6O/c82-48-50-36-40-69-62(42-50)59-28-12-17-33-67(59)84(69)56-38-39-64-71(46-56)86(65-31-15-10-26-57(65)53-22-6-2-7-23-53)73-44-55(52-20-4-1-5-21-52)45-74-78(73)81(64)79-75(87(74)66-32-16-11-27-58(66)54-24-8-3-9-25-54)47-72(77-61-30-14-19-35-76(61)88-80(77)79)85-68-34-18-13-29-60(68)63-43-51(49-83)37-41-70(63)85/h1-47H. The van der Waals surface area contributed by atoms with Crippen LogP contribution < -0.4 is 26.2 Å². The van der Waals surface area contributed by atoms with Crippen LogP contribution in [0.25, 0.3) is 110 Å². The van der Waals surface area contributed by atoms with E-state index in [9.17, 15) is 10.5 Å². The maximum absolute atomic E-state index is 10.3. The van der Waals surface area contributed by atoms with Crippen LogP contribution in [0.3, 0.4) is 0 Å². The average molecular weight is 1120 g/mol. The quantitative estimate of drug-likeness (QED) is 0.149. The number of nitriles is 2. The number of nitrogens with zero attached hydrogens (tertiary/aromatic N) is 6. The Morgan fingerprint density at radius 3 is 1.40 bits per heavy atom. The molecule has 0 N–H and O–H groups in total. The van der Waals surface area contributed by atoms with E-state index in [1.807, 2.05) is 24.3 Å². The second kappa shape index (κ2) is 19.2. The summed E-state index contributed by atoms with van der Waals surface area (Å²) in [7, 11) is 0. The molecule has 0 saturated carbocycles. The number of aromatic nitrogens is 2. The lowest BCUT2D eigenvalue weighted by molar-refractivity contribution is 0.671. The van der Waals surface area contributed by atoms with Crippen LogP contribution in [0.1, 0.15) is 11.1 Å². The summed E-state index contributed by atoms with van der Waals surface area (Å²) in [5.74, 6) is 0. The molecule has 5 heterocycles. The molecule has 7 nitrogen and oxygen atoms in total. The average Bonchev–Trinajstić information content (AvgIpc) is 2.52. The Labute approximate surface area is 507 Å². The molecule has 0 spiro atoms. The molecule has 0 aliphatic carbocycles. The molecule has 406 valence electrons. The summed E-state index contributed by atoms with van der Waals surface area (Å²) in [6.07, 6.45) is 0. The zero-order chi connectivity index (χ0) is 58.1. The van der Waals surface area contributed by atoms with Gasteiger partial charge in [0, 0.05) is 66.5 Å². The molecule has 0 fully saturated rings. The first-order valence-corrected chi connectivity index (χ1v) is 29.7. The monoisotopic (exact) mass is 1120 g/mol. The smallest absolute Gasteiger partial charge is 0.257 e. The predicted molar refractivity (Wildman–Crippen MR) is 362 cm³/mol. The number of hydrogen-bond acceptors (Lipinski definition) is 5. The lowest BCUT2D eigenvalue weighted by Gasteiger charge is -2.45. The summed E-state index contributed by atoms with van der Waals surface area (Å²) in [6, 6.07) is 107. The van der Waals surface area contributed by atoms with Crippen LogP contribution in [0.2, 0.25) is 0 Å². The number of hydrogen-bond donors (Lipinski definition) is 0. The highest BCUT2D eigenvalue weighted by molar-refractivity contribution is 7.01. The van der Waals surface area contributed by atoms with Crippen LogP contribution in [0.15, 0.2) is 290 Å². The van der Waals surface area contributed by atoms with E-state index in [0.29, 0.717) is 11.1 Å². The molecule has 0 saturated heterocycles. The van der Waals surface area contributed by atoms with E-state index in [2.05, 4.69) is 292 Å². The second-order valence-corrected chi connectivity index (χ2v) is 22.9. The largest absolute Gasteiger partial charge is 0.456 e. The summed E-state index contributed by atoms with van der Waals surface area (Å²) in [6.45, 7) is -0.376. The van der Waals surface area contributed by atoms with Crippen molar-refractivity contribution in [1.82, 2.24) is 9.13 Å². The molecule has 0 radical (unpaired) electrons. The molecule has 13 aromatic carbocycles. The van der Waals surface area contributed by atoms with Gasteiger partial charge in [0.2, 0.25) is 0 Å². The Bertz CT molecular complexity index is 5670. The van der Waals surface area contributed by atoms with Crippen molar-refractivity contribution in [2.24, 2.45) is 0 Å². The van der Waals surface area contributed by atoms with Gasteiger partial charge in [-0.1, -0.05) is 188 Å². The van der Waals surface area contributed by atoms with E-state index in [0.717, 1.165) is 161 Å². The number of para-hydroxylation sites is 5. The number of fused-ring (bicyclic) bond motifs is 14. The zero-order valence-corrected chi connectivity index (χ0v) is 47.3. The Morgan fingerprint density at radius 1 is 0.318 bits per heavy atom. The third-order valence-corrected chi connectivity index (χ3v) is 18.3. The van der Waals surface area contributed by atoms with Crippen LogP contribution in [0, 0.1) is 22.7 Å². The topological polar surface area (TPSA) is 77.1 Å². The van der Waals surface area contributed by atoms with E-state index in [1.165, 1.54) is 0 Å². The fourth-order valence-electron chi connectivity index (χ4n) is 14.6. The lowest BCUT2D eigenvalue weighted by atomic mass is 9.33. The molecule has 2 aliphatic rings. The van der Waals surface area contributed by atoms with Crippen molar-refractivity contribution in [2.45, 2.75) is 0 Å². The van der Waals surface area contributed by atoms with Gasteiger partial charge in [-0.25, -0.2) is 0 Å². The predicted octanol–water partition coefficient (Wildman–Crippen LogP) is 18.6. The molecule has 0 atom stereocenters. The van der Waals surface area contributed by atoms with Crippen molar-refractivity contribution in [3.05, 3.63) is 296 Å². The Balaban J connectivity index is 1.03. The van der Waals surface area contributed by atoms with E-state index in [1.54, 1.807) is 0 Å². The molecule has 8 heteroatoms. The Hall–Kier alpha value is -12.1. The van der Waals surface area contributed by atoms with Crippen molar-refractivity contribution < 1.29 is 4.42 Å². The molecule has 2 aliphatic heterocycles. The highest BCUT2D eigenvalue weighted by Crippen LogP contribution is 2.52. The summed E-state index contributed by atoms with van der Waals surface area (Å²) < 4.78 is 12.4. The van der Waals surface area contributed by atoms with Crippen LogP contribution in [0.4, 0.5) is 34.1 Å². The molecule has 0 bridgehead atoms. The van der Waals surface area contributed by atoms with Gasteiger partial charge < -0.3 is 23.4 Å². The molecule has 88 heavy (non-hydrogen) atoms. The third-order valence-electron chi connectivity index (χ3n) is 18.3. The van der Waals surface area contributed by atoms with Crippen molar-refractivity contribution in [3.8, 4) is 56.9 Å². The van der Waals surface area contributed by atoms with Crippen LogP contribution >= 0.6 is 0 Å². The van der Waals surface area contributed by atoms with E-state index in [4.69, 9.17) is 4.42 Å². The van der Waals surface area contributed by atoms with Gasteiger partial charge in [0.25, 0.3) is 6.71 Å². The maximum Gasteiger partial charge on any atom is 0.257 e. The van der Waals surface area contributed by atoms with Gasteiger partial charge in [-0.2, -0.15) is 10.5 Å². The van der Waals surface area contributed by atoms with Gasteiger partial charge in [-0.3, -0.25) is 0 Å². The highest BCUT2D eigenvalue weighted by Gasteiger charge is 2.47. The number of furan rings is 1. The minimum absolute atomic E-state index is 0.376. The second-order valence-electron chi connectivity index (χ2n) is 22.9. The molecule has 0 amide bonds. The van der Waals surface area contributed by atoms with Gasteiger partial charge in [0.1, 0.15) is 11.2 Å². The van der Waals surface area contributed by atoms with E-state index < -0.39 is 0 Å². The van der Waals surface area contributed by atoms with Crippen LogP contribution in [-0.4, -0.2) is 15.8 Å². The van der Waals surface area contributed by atoms with E-state index in [-0.39, 0.29) is 6.71 Å². The zero-order valence-electron chi connectivity index (χ0n) is 47.3. The Morgan fingerprint density at radius 2 is 0.795 bits per heavy atom. The van der Waals surface area contributed by atoms with Crippen molar-refractivity contribution in [3.63, 3.8) is 0 Å². The lowest BCUT2D eigenvalue weighted by Crippen LogP contribution is -2.61. The maximum atomic E-state index is 10.3. The third kappa shape index (κ3) is 7.18. The van der Waals surface area contributed by atoms with Crippen LogP contribution in [0.5, 0.6) is 0 Å². The fraction of sp³-hybridized carbons (Fsp3) is 0. The Kier molecular flexibility index (Phi) is 10.8. The minimum atomic E-state index is -0.376. The minimum Gasteiger partial charge on any atom is -0.456 e. The first-order valence-electron chi connectivity index (χ1n) is 29.7. The summed E-state index contributed by atoms with van der Waals surface area (Å²) >= 11 is 0. The van der Waals surface area contributed by atoms with Gasteiger partial charge in [0.15, 0.2) is 0 Å². The normalized spacial score (nSPS) is 12.5. The molecule has 3 aromatic heterocycles. The number of rotatable bonds is 7. The highest BCUT2D eigenvalue weighted by atomic mass is 16.3. The molecule has 16 aromatic rings.